The molecule has 3 rings (SSSR count). The highest BCUT2D eigenvalue weighted by Crippen LogP contribution is 2.52. The monoisotopic (exact) mass is 431 g/mol. The zero-order chi connectivity index (χ0) is 20.9. The SMILES string of the molecule is CC(C)(C)OC(=O)N1CCC(C2(C)Oc3c(Cl)cc(C(=O)O)c(Cl)c3O2)CC1. The van der Waals surface area contributed by atoms with Crippen LogP contribution in [0.1, 0.15) is 50.9 Å². The van der Waals surface area contributed by atoms with Crippen LogP contribution in [0.3, 0.4) is 0 Å². The number of hydrogen-bond acceptors (Lipinski definition) is 5. The Morgan fingerprint density at radius 2 is 1.79 bits per heavy atom. The van der Waals surface area contributed by atoms with Crippen molar-refractivity contribution >= 4 is 35.3 Å². The van der Waals surface area contributed by atoms with Crippen LogP contribution in [-0.4, -0.2) is 46.5 Å². The number of carbonyl (C=O) groups is 2. The van der Waals surface area contributed by atoms with Crippen molar-refractivity contribution in [1.29, 1.82) is 0 Å². The molecule has 154 valence electrons. The van der Waals surface area contributed by atoms with E-state index >= 15 is 0 Å². The van der Waals surface area contributed by atoms with E-state index in [0.717, 1.165) is 0 Å². The van der Waals surface area contributed by atoms with Crippen LogP contribution < -0.4 is 9.47 Å². The summed E-state index contributed by atoms with van der Waals surface area (Å²) in [5.41, 5.74) is -0.688. The second-order valence-corrected chi connectivity index (χ2v) is 8.93. The fraction of sp³-hybridized carbons (Fsp3) is 0.579. The molecule has 0 spiro atoms. The first-order valence-corrected chi connectivity index (χ1v) is 9.78. The summed E-state index contributed by atoms with van der Waals surface area (Å²) < 4.78 is 17.4. The fourth-order valence-electron chi connectivity index (χ4n) is 3.43. The average Bonchev–Trinajstić information content (AvgIpc) is 2.96. The number of piperidine rings is 1. The molecular formula is C19H23Cl2NO6. The molecule has 1 amide bonds. The van der Waals surface area contributed by atoms with Gasteiger partial charge in [0.15, 0.2) is 11.5 Å². The number of nitrogens with zero attached hydrogens (tertiary/aromatic N) is 1. The first-order chi connectivity index (χ1) is 12.9. The average molecular weight is 432 g/mol. The maximum atomic E-state index is 12.2. The Balaban J connectivity index is 1.72. The van der Waals surface area contributed by atoms with Crippen molar-refractivity contribution in [2.45, 2.75) is 51.9 Å². The van der Waals surface area contributed by atoms with Crippen LogP contribution in [-0.2, 0) is 4.74 Å². The normalized spacial score (nSPS) is 22.3. The van der Waals surface area contributed by atoms with Crippen LogP contribution in [0.2, 0.25) is 10.0 Å². The van der Waals surface area contributed by atoms with E-state index in [2.05, 4.69) is 0 Å². The quantitative estimate of drug-likeness (QED) is 0.721. The summed E-state index contributed by atoms with van der Waals surface area (Å²) in [4.78, 5) is 25.3. The minimum atomic E-state index is -1.20. The van der Waals surface area contributed by atoms with Gasteiger partial charge in [-0.1, -0.05) is 23.2 Å². The van der Waals surface area contributed by atoms with Gasteiger partial charge in [0.05, 0.1) is 10.6 Å². The molecule has 1 unspecified atom stereocenters. The molecule has 2 heterocycles. The van der Waals surface area contributed by atoms with Gasteiger partial charge in [-0.05, 0) is 39.7 Å². The molecule has 0 radical (unpaired) electrons. The fourth-order valence-corrected chi connectivity index (χ4v) is 3.93. The van der Waals surface area contributed by atoms with Gasteiger partial charge in [-0.15, -0.1) is 0 Å². The number of rotatable bonds is 2. The first-order valence-electron chi connectivity index (χ1n) is 9.02. The van der Waals surface area contributed by atoms with Crippen molar-refractivity contribution in [2.24, 2.45) is 5.92 Å². The Morgan fingerprint density at radius 1 is 1.21 bits per heavy atom. The predicted octanol–water partition coefficient (Wildman–Crippen LogP) is 4.83. The molecule has 0 bridgehead atoms. The lowest BCUT2D eigenvalue weighted by Gasteiger charge is -2.39. The Morgan fingerprint density at radius 3 is 2.32 bits per heavy atom. The largest absolute Gasteiger partial charge is 0.478 e. The standard InChI is InChI=1S/C19H23Cl2NO6/c1-18(2,3)28-17(25)22-7-5-10(6-8-22)19(4)26-14-12(20)9-11(16(23)24)13(21)15(14)27-19/h9-10H,5-8H2,1-4H3,(H,23,24). The second kappa shape index (κ2) is 7.19. The van der Waals surface area contributed by atoms with Gasteiger partial charge in [-0.25, -0.2) is 9.59 Å². The minimum Gasteiger partial charge on any atom is -0.478 e. The van der Waals surface area contributed by atoms with Gasteiger partial charge < -0.3 is 24.2 Å². The zero-order valence-electron chi connectivity index (χ0n) is 16.2. The van der Waals surface area contributed by atoms with Crippen LogP contribution in [0.25, 0.3) is 0 Å². The number of carboxylic acids is 1. The van der Waals surface area contributed by atoms with Gasteiger partial charge >= 0.3 is 12.1 Å². The van der Waals surface area contributed by atoms with Crippen molar-refractivity contribution in [2.75, 3.05) is 13.1 Å². The summed E-state index contributed by atoms with van der Waals surface area (Å²) in [7, 11) is 0. The van der Waals surface area contributed by atoms with Crippen LogP contribution in [0, 0.1) is 5.92 Å². The van der Waals surface area contributed by atoms with E-state index in [9.17, 15) is 14.7 Å². The lowest BCUT2D eigenvalue weighted by Crippen LogP contribution is -2.50. The summed E-state index contributed by atoms with van der Waals surface area (Å²) in [5, 5.41) is 9.36. The number of amides is 1. The topological polar surface area (TPSA) is 85.3 Å². The molecule has 9 heteroatoms. The van der Waals surface area contributed by atoms with Crippen LogP contribution in [0.15, 0.2) is 6.07 Å². The molecule has 1 aromatic carbocycles. The van der Waals surface area contributed by atoms with Crippen molar-refractivity contribution in [3.8, 4) is 11.5 Å². The number of carbonyl (C=O) groups excluding carboxylic acids is 1. The summed E-state index contributed by atoms with van der Waals surface area (Å²) in [6, 6.07) is 1.26. The van der Waals surface area contributed by atoms with Crippen LogP contribution in [0.4, 0.5) is 4.79 Å². The molecule has 1 N–H and O–H groups in total. The summed E-state index contributed by atoms with van der Waals surface area (Å²) in [6.07, 6.45) is 0.917. The van der Waals surface area contributed by atoms with Crippen LogP contribution >= 0.6 is 23.2 Å². The molecular weight excluding hydrogens is 409 g/mol. The molecule has 1 atom stereocenters. The van der Waals surface area contributed by atoms with E-state index in [-0.39, 0.29) is 39.1 Å². The molecule has 0 aromatic heterocycles. The smallest absolute Gasteiger partial charge is 0.410 e. The predicted molar refractivity (Wildman–Crippen MR) is 104 cm³/mol. The van der Waals surface area contributed by atoms with Crippen molar-refractivity contribution in [3.05, 3.63) is 21.7 Å². The maximum absolute atomic E-state index is 12.2. The molecule has 1 aromatic rings. The Kier molecular flexibility index (Phi) is 5.36. The second-order valence-electron chi connectivity index (χ2n) is 8.15. The number of halogens is 2. The third-order valence-electron chi connectivity index (χ3n) is 4.86. The molecule has 28 heavy (non-hydrogen) atoms. The van der Waals surface area contributed by atoms with Crippen LogP contribution in [0.5, 0.6) is 11.5 Å². The molecule has 1 fully saturated rings. The highest BCUT2D eigenvalue weighted by Gasteiger charge is 2.48. The highest BCUT2D eigenvalue weighted by atomic mass is 35.5. The summed E-state index contributed by atoms with van der Waals surface area (Å²) in [5.74, 6) is -1.90. The summed E-state index contributed by atoms with van der Waals surface area (Å²) >= 11 is 12.4. The Hall–Kier alpha value is -1.86. The van der Waals surface area contributed by atoms with E-state index in [4.69, 9.17) is 37.4 Å². The van der Waals surface area contributed by atoms with E-state index in [1.54, 1.807) is 11.8 Å². The van der Waals surface area contributed by atoms with Crippen molar-refractivity contribution in [3.63, 3.8) is 0 Å². The lowest BCUT2D eigenvalue weighted by molar-refractivity contribution is -0.124. The van der Waals surface area contributed by atoms with E-state index in [0.29, 0.717) is 25.9 Å². The first kappa shape index (κ1) is 20.9. The number of benzene rings is 1. The number of hydrogen-bond donors (Lipinski definition) is 1. The van der Waals surface area contributed by atoms with Gasteiger partial charge in [0.2, 0.25) is 0 Å². The van der Waals surface area contributed by atoms with Gasteiger partial charge in [0, 0.05) is 25.9 Å². The third-order valence-corrected chi connectivity index (χ3v) is 5.51. The minimum absolute atomic E-state index is 0.0400. The Labute approximate surface area is 173 Å². The molecule has 2 aliphatic heterocycles. The molecule has 0 saturated carbocycles. The maximum Gasteiger partial charge on any atom is 0.410 e. The van der Waals surface area contributed by atoms with Gasteiger partial charge in [0.1, 0.15) is 10.6 Å². The number of carboxylic acid groups (broad SMARTS) is 1. The van der Waals surface area contributed by atoms with Crippen molar-refractivity contribution in [1.82, 2.24) is 4.90 Å². The number of fused-ring (bicyclic) bond motifs is 1. The number of likely N-dealkylation sites (tertiary alicyclic amines) is 1. The van der Waals surface area contributed by atoms with Gasteiger partial charge in [0.25, 0.3) is 5.79 Å². The molecule has 1 saturated heterocycles. The summed E-state index contributed by atoms with van der Waals surface area (Å²) in [6.45, 7) is 8.26. The molecule has 2 aliphatic rings. The lowest BCUT2D eigenvalue weighted by atomic mass is 9.89. The van der Waals surface area contributed by atoms with E-state index in [1.165, 1.54) is 6.07 Å². The van der Waals surface area contributed by atoms with Crippen molar-refractivity contribution < 1.29 is 28.9 Å². The number of ether oxygens (including phenoxy) is 3. The molecule has 0 aliphatic carbocycles. The van der Waals surface area contributed by atoms with E-state index < -0.39 is 17.4 Å². The zero-order valence-corrected chi connectivity index (χ0v) is 17.7. The third kappa shape index (κ3) is 3.96. The van der Waals surface area contributed by atoms with Gasteiger partial charge in [-0.3, -0.25) is 0 Å². The number of aromatic carboxylic acids is 1. The Bertz CT molecular complexity index is 814. The molecule has 7 nitrogen and oxygen atoms in total. The van der Waals surface area contributed by atoms with E-state index in [1.807, 2.05) is 20.8 Å². The van der Waals surface area contributed by atoms with Gasteiger partial charge in [-0.2, -0.15) is 0 Å². The highest BCUT2D eigenvalue weighted by molar-refractivity contribution is 6.38.